The number of likely N-dealkylation sites (N-methyl/N-ethyl adjacent to an activating group) is 1. The number of benzene rings is 2. The number of nitrogens with zero attached hydrogens (tertiary/aromatic N) is 2. The highest BCUT2D eigenvalue weighted by molar-refractivity contribution is 7.09. The molecule has 4 rings (SSSR count). The van der Waals surface area contributed by atoms with Crippen LogP contribution in [0.4, 0.5) is 5.69 Å². The van der Waals surface area contributed by atoms with Gasteiger partial charge in [-0.1, -0.05) is 36.4 Å². The smallest absolute Gasteiger partial charge is 0.307 e. The molecular formula is C31H39N4O4S+. The molecule has 0 saturated heterocycles. The summed E-state index contributed by atoms with van der Waals surface area (Å²) in [6.07, 6.45) is 1.01. The maximum Gasteiger partial charge on any atom is 0.307 e. The minimum Gasteiger partial charge on any atom is -0.460 e. The zero-order valence-electron chi connectivity index (χ0n) is 24.2. The molecule has 8 nitrogen and oxygen atoms in total. The molecule has 2 N–H and O–H groups in total. The second kappa shape index (κ2) is 11.5. The molecule has 0 unspecified atom stereocenters. The Bertz CT molecular complexity index is 1360. The van der Waals surface area contributed by atoms with Crippen LogP contribution < -0.4 is 10.6 Å². The van der Waals surface area contributed by atoms with Crippen molar-refractivity contribution in [2.24, 2.45) is 5.41 Å². The molecule has 2 amide bonds. The third kappa shape index (κ3) is 7.76. The highest BCUT2D eigenvalue weighted by Crippen LogP contribution is 2.41. The van der Waals surface area contributed by atoms with E-state index in [-0.39, 0.29) is 30.7 Å². The van der Waals surface area contributed by atoms with Gasteiger partial charge in [-0.05, 0) is 56.9 Å². The van der Waals surface area contributed by atoms with Crippen molar-refractivity contribution in [2.45, 2.75) is 52.2 Å². The topological polar surface area (TPSA) is 97.4 Å². The summed E-state index contributed by atoms with van der Waals surface area (Å²) in [7, 11) is 5.91. The highest BCUT2D eigenvalue weighted by Gasteiger charge is 2.46. The van der Waals surface area contributed by atoms with Crippen LogP contribution in [0.1, 0.15) is 43.3 Å². The number of carbonyl (C=O) groups excluding carboxylic acids is 3. The van der Waals surface area contributed by atoms with Gasteiger partial charge in [0.15, 0.2) is 6.54 Å². The summed E-state index contributed by atoms with van der Waals surface area (Å²) >= 11 is 1.47. The number of hydrogen-bond acceptors (Lipinski definition) is 6. The first-order chi connectivity index (χ1) is 18.7. The van der Waals surface area contributed by atoms with Crippen LogP contribution in [0.25, 0.3) is 11.3 Å². The van der Waals surface area contributed by atoms with Crippen molar-refractivity contribution in [2.75, 3.05) is 33.0 Å². The van der Waals surface area contributed by atoms with E-state index in [9.17, 15) is 14.4 Å². The Balaban J connectivity index is 1.40. The van der Waals surface area contributed by atoms with Crippen molar-refractivity contribution in [1.29, 1.82) is 0 Å². The summed E-state index contributed by atoms with van der Waals surface area (Å²) in [6, 6.07) is 15.5. The van der Waals surface area contributed by atoms with Gasteiger partial charge < -0.3 is 19.9 Å². The molecule has 0 bridgehead atoms. The number of aromatic nitrogens is 1. The van der Waals surface area contributed by atoms with Crippen LogP contribution in [0.5, 0.6) is 0 Å². The molecule has 0 radical (unpaired) electrons. The molecule has 0 aliphatic heterocycles. The van der Waals surface area contributed by atoms with Crippen LogP contribution in [-0.2, 0) is 38.5 Å². The number of anilines is 1. The van der Waals surface area contributed by atoms with Gasteiger partial charge in [-0.25, -0.2) is 4.98 Å². The molecular weight excluding hydrogens is 524 g/mol. The molecule has 9 heteroatoms. The standard InChI is InChI=1S/C31H38N4O4S/c1-30(2,3)39-28(37)17-31(15-22-9-7-8-10-23(22)16-31)29(38)32-18-27-34-25(20-40-27)21-11-13-24(14-12-21)33-26(36)19-35(4,5)6/h7-14,20H,15-19H2,1-6H3,(H-,32,33,36,38)/p+1. The maximum atomic E-state index is 13.6. The Morgan fingerprint density at radius 1 is 1.00 bits per heavy atom. The number of fused-ring (bicyclic) bond motifs is 1. The SMILES string of the molecule is CC(C)(C)OC(=O)CC1(C(=O)NCc2nc(-c3ccc(NC(=O)C[N+](C)(C)C)cc3)cs2)Cc2ccccc2C1. The molecule has 3 aromatic rings. The van der Waals surface area contributed by atoms with E-state index < -0.39 is 11.0 Å². The fourth-order valence-electron chi connectivity index (χ4n) is 4.94. The summed E-state index contributed by atoms with van der Waals surface area (Å²) in [4.78, 5) is 43.4. The van der Waals surface area contributed by atoms with E-state index in [4.69, 9.17) is 9.72 Å². The number of hydrogen-bond donors (Lipinski definition) is 2. The Morgan fingerprint density at radius 3 is 2.20 bits per heavy atom. The van der Waals surface area contributed by atoms with Crippen LogP contribution in [0.3, 0.4) is 0 Å². The number of nitrogens with one attached hydrogen (secondary N) is 2. The summed E-state index contributed by atoms with van der Waals surface area (Å²) in [5.41, 5.74) is 3.13. The first kappa shape index (κ1) is 29.4. The maximum absolute atomic E-state index is 13.6. The Kier molecular flexibility index (Phi) is 8.46. The predicted molar refractivity (Wildman–Crippen MR) is 158 cm³/mol. The summed E-state index contributed by atoms with van der Waals surface area (Å²) < 4.78 is 6.14. The molecule has 1 aliphatic carbocycles. The van der Waals surface area contributed by atoms with E-state index in [1.165, 1.54) is 11.3 Å². The summed E-state index contributed by atoms with van der Waals surface area (Å²) in [5, 5.41) is 8.70. The van der Waals surface area contributed by atoms with Crippen molar-refractivity contribution < 1.29 is 23.6 Å². The molecule has 1 aromatic heterocycles. The van der Waals surface area contributed by atoms with Crippen LogP contribution >= 0.6 is 11.3 Å². The third-order valence-electron chi connectivity index (χ3n) is 6.59. The summed E-state index contributed by atoms with van der Waals surface area (Å²) in [6.45, 7) is 6.15. The highest BCUT2D eigenvalue weighted by atomic mass is 32.1. The van der Waals surface area contributed by atoms with E-state index in [1.54, 1.807) is 0 Å². The van der Waals surface area contributed by atoms with E-state index in [0.717, 1.165) is 33.1 Å². The minimum atomic E-state index is -0.891. The van der Waals surface area contributed by atoms with Gasteiger partial charge in [0.1, 0.15) is 10.6 Å². The van der Waals surface area contributed by atoms with E-state index in [2.05, 4.69) is 10.6 Å². The van der Waals surface area contributed by atoms with Gasteiger partial charge >= 0.3 is 5.97 Å². The molecule has 0 fully saturated rings. The molecule has 1 heterocycles. The van der Waals surface area contributed by atoms with Gasteiger partial charge in [-0.2, -0.15) is 0 Å². The quantitative estimate of drug-likeness (QED) is 0.293. The van der Waals surface area contributed by atoms with Gasteiger partial charge in [-0.3, -0.25) is 14.4 Å². The predicted octanol–water partition coefficient (Wildman–Crippen LogP) is 4.59. The normalized spacial score (nSPS) is 14.3. The van der Waals surface area contributed by atoms with Crippen LogP contribution in [0.2, 0.25) is 0 Å². The molecule has 1 aliphatic rings. The Hall–Kier alpha value is -3.56. The lowest BCUT2D eigenvalue weighted by molar-refractivity contribution is -0.861. The van der Waals surface area contributed by atoms with Crippen molar-refractivity contribution in [3.63, 3.8) is 0 Å². The molecule has 0 spiro atoms. The van der Waals surface area contributed by atoms with Gasteiger partial charge in [-0.15, -0.1) is 11.3 Å². The lowest BCUT2D eigenvalue weighted by atomic mass is 9.80. The van der Waals surface area contributed by atoms with Crippen LogP contribution in [0, 0.1) is 5.41 Å². The van der Waals surface area contributed by atoms with Gasteiger partial charge in [0.25, 0.3) is 5.91 Å². The van der Waals surface area contributed by atoms with E-state index in [1.807, 2.05) is 95.8 Å². The molecule has 2 aromatic carbocycles. The molecule has 0 atom stereocenters. The van der Waals surface area contributed by atoms with Crippen molar-refractivity contribution in [1.82, 2.24) is 10.3 Å². The number of thiazole rings is 1. The second-order valence-corrected chi connectivity index (χ2v) is 13.5. The average molecular weight is 564 g/mol. The fourth-order valence-corrected chi connectivity index (χ4v) is 5.68. The summed E-state index contributed by atoms with van der Waals surface area (Å²) in [5.74, 6) is -0.578. The monoisotopic (exact) mass is 563 g/mol. The molecule has 0 saturated carbocycles. The van der Waals surface area contributed by atoms with E-state index in [0.29, 0.717) is 23.9 Å². The van der Waals surface area contributed by atoms with Crippen LogP contribution in [0.15, 0.2) is 53.9 Å². The number of rotatable bonds is 9. The van der Waals surface area contributed by atoms with Gasteiger partial charge in [0, 0.05) is 16.6 Å². The minimum absolute atomic E-state index is 0.0194. The van der Waals surface area contributed by atoms with Gasteiger partial charge in [0.05, 0.1) is 45.2 Å². The zero-order valence-corrected chi connectivity index (χ0v) is 25.0. The number of quaternary nitrogens is 1. The van der Waals surface area contributed by atoms with Crippen molar-refractivity contribution in [3.05, 3.63) is 70.0 Å². The largest absolute Gasteiger partial charge is 0.460 e. The van der Waals surface area contributed by atoms with Crippen molar-refractivity contribution >= 4 is 34.8 Å². The van der Waals surface area contributed by atoms with Gasteiger partial charge in [0.2, 0.25) is 5.91 Å². The van der Waals surface area contributed by atoms with E-state index >= 15 is 0 Å². The average Bonchev–Trinajstić information content (AvgIpc) is 3.45. The number of ether oxygens (including phenoxy) is 1. The Morgan fingerprint density at radius 2 is 1.62 bits per heavy atom. The lowest BCUT2D eigenvalue weighted by Gasteiger charge is -2.29. The number of amides is 2. The fraction of sp³-hybridized carbons (Fsp3) is 0.419. The zero-order chi connectivity index (χ0) is 29.1. The van der Waals surface area contributed by atoms with Crippen LogP contribution in [-0.4, -0.2) is 60.5 Å². The second-order valence-electron chi connectivity index (χ2n) is 12.5. The number of esters is 1. The van der Waals surface area contributed by atoms with Crippen molar-refractivity contribution in [3.8, 4) is 11.3 Å². The first-order valence-corrected chi connectivity index (χ1v) is 14.3. The first-order valence-electron chi connectivity index (χ1n) is 13.4. The molecule has 40 heavy (non-hydrogen) atoms. The Labute approximate surface area is 240 Å². The lowest BCUT2D eigenvalue weighted by Crippen LogP contribution is -2.44. The number of carbonyl (C=O) groups is 3. The molecule has 212 valence electrons. The third-order valence-corrected chi connectivity index (χ3v) is 7.44.